The number of aromatic nitrogens is 3. The van der Waals surface area contributed by atoms with Crippen molar-refractivity contribution in [2.45, 2.75) is 25.4 Å². The molecule has 0 aliphatic carbocycles. The van der Waals surface area contributed by atoms with E-state index in [1.165, 1.54) is 12.1 Å². The van der Waals surface area contributed by atoms with Gasteiger partial charge in [-0.15, -0.1) is 0 Å². The van der Waals surface area contributed by atoms with Gasteiger partial charge in [0, 0.05) is 25.1 Å². The van der Waals surface area contributed by atoms with E-state index in [2.05, 4.69) is 15.0 Å². The van der Waals surface area contributed by atoms with Crippen LogP contribution >= 0.6 is 0 Å². The first-order chi connectivity index (χ1) is 15.3. The molecule has 0 atom stereocenters. The summed E-state index contributed by atoms with van der Waals surface area (Å²) in [6, 6.07) is 14.5. The van der Waals surface area contributed by atoms with Gasteiger partial charge >= 0.3 is 12.1 Å². The molecule has 0 amide bonds. The number of carboxylic acids is 1. The van der Waals surface area contributed by atoms with Crippen molar-refractivity contribution >= 4 is 11.9 Å². The van der Waals surface area contributed by atoms with Crippen molar-refractivity contribution < 1.29 is 23.1 Å². The lowest BCUT2D eigenvalue weighted by Crippen LogP contribution is -2.37. The summed E-state index contributed by atoms with van der Waals surface area (Å²) in [6.07, 6.45) is -3.67. The molecule has 1 aliphatic rings. The van der Waals surface area contributed by atoms with Gasteiger partial charge in [0.05, 0.1) is 11.5 Å². The first-order valence-corrected chi connectivity index (χ1v) is 10.2. The molecule has 1 aliphatic heterocycles. The highest BCUT2D eigenvalue weighted by Crippen LogP contribution is 2.33. The molecule has 1 aromatic heterocycles. The second-order valence-corrected chi connectivity index (χ2v) is 7.67. The number of hydrogen-bond acceptors (Lipinski definition) is 5. The summed E-state index contributed by atoms with van der Waals surface area (Å²) in [5.41, 5.74) is 0.0909. The number of nitrogens with zero attached hydrogens (tertiary/aromatic N) is 4. The number of rotatable bonds is 5. The average molecular weight is 442 g/mol. The van der Waals surface area contributed by atoms with E-state index in [1.807, 2.05) is 35.2 Å². The first-order valence-electron chi connectivity index (χ1n) is 10.2. The van der Waals surface area contributed by atoms with E-state index in [9.17, 15) is 23.1 Å². The smallest absolute Gasteiger partial charge is 0.416 e. The summed E-state index contributed by atoms with van der Waals surface area (Å²) in [5, 5.41) is 9.24. The number of benzene rings is 2. The Morgan fingerprint density at radius 1 is 0.969 bits per heavy atom. The summed E-state index contributed by atoms with van der Waals surface area (Å²) in [5.74, 6) is -0.293. The maximum atomic E-state index is 13.5. The van der Waals surface area contributed by atoms with E-state index >= 15 is 0 Å². The zero-order valence-corrected chi connectivity index (χ0v) is 17.1. The lowest BCUT2D eigenvalue weighted by Gasteiger charge is -2.30. The van der Waals surface area contributed by atoms with Gasteiger partial charge in [0.25, 0.3) is 0 Å². The van der Waals surface area contributed by atoms with Crippen LogP contribution in [0.4, 0.5) is 19.1 Å². The highest BCUT2D eigenvalue weighted by Gasteiger charge is 2.33. The van der Waals surface area contributed by atoms with Crippen molar-refractivity contribution in [3.8, 4) is 11.4 Å². The number of hydrogen-bond donors (Lipinski definition) is 1. The normalized spacial score (nSPS) is 15.0. The molecular formula is C23H21F3N4O2. The highest BCUT2D eigenvalue weighted by molar-refractivity contribution is 5.70. The van der Waals surface area contributed by atoms with Crippen LogP contribution in [0.5, 0.6) is 0 Å². The minimum Gasteiger partial charge on any atom is -0.481 e. The van der Waals surface area contributed by atoms with E-state index in [0.29, 0.717) is 37.7 Å². The van der Waals surface area contributed by atoms with Gasteiger partial charge in [-0.2, -0.15) is 23.1 Å². The molecule has 1 saturated heterocycles. The lowest BCUT2D eigenvalue weighted by molar-refractivity contribution is -0.142. The van der Waals surface area contributed by atoms with Gasteiger partial charge in [0.1, 0.15) is 5.82 Å². The second-order valence-electron chi connectivity index (χ2n) is 7.67. The molecular weight excluding hydrogens is 421 g/mol. The maximum absolute atomic E-state index is 13.5. The molecule has 0 radical (unpaired) electrons. The van der Waals surface area contributed by atoms with E-state index in [1.54, 1.807) is 6.07 Å². The van der Waals surface area contributed by atoms with Gasteiger partial charge in [-0.3, -0.25) is 4.79 Å². The van der Waals surface area contributed by atoms with E-state index in [0.717, 1.165) is 11.6 Å². The minimum absolute atomic E-state index is 0.0840. The Balaban J connectivity index is 1.70. The predicted molar refractivity (Wildman–Crippen MR) is 112 cm³/mol. The third-order valence-corrected chi connectivity index (χ3v) is 5.50. The van der Waals surface area contributed by atoms with Crippen LogP contribution in [0.3, 0.4) is 0 Å². The van der Waals surface area contributed by atoms with Crippen molar-refractivity contribution in [1.82, 2.24) is 15.0 Å². The third-order valence-electron chi connectivity index (χ3n) is 5.50. The molecule has 2 aromatic carbocycles. The zero-order valence-electron chi connectivity index (χ0n) is 17.1. The Kier molecular flexibility index (Phi) is 6.07. The largest absolute Gasteiger partial charge is 0.481 e. The van der Waals surface area contributed by atoms with Crippen molar-refractivity contribution in [2.75, 3.05) is 18.0 Å². The van der Waals surface area contributed by atoms with Crippen molar-refractivity contribution in [3.05, 3.63) is 71.5 Å². The van der Waals surface area contributed by atoms with Crippen LogP contribution in [0.2, 0.25) is 0 Å². The number of alkyl halides is 3. The summed E-state index contributed by atoms with van der Waals surface area (Å²) in [6.45, 7) is 0.904. The summed E-state index contributed by atoms with van der Waals surface area (Å²) < 4.78 is 40.4. The molecule has 1 fully saturated rings. The van der Waals surface area contributed by atoms with Crippen molar-refractivity contribution in [3.63, 3.8) is 0 Å². The summed E-state index contributed by atoms with van der Waals surface area (Å²) >= 11 is 0. The molecule has 6 nitrogen and oxygen atoms in total. The van der Waals surface area contributed by atoms with E-state index < -0.39 is 23.6 Å². The van der Waals surface area contributed by atoms with Crippen LogP contribution in [-0.2, 0) is 17.4 Å². The minimum atomic E-state index is -4.48. The molecule has 32 heavy (non-hydrogen) atoms. The standard InChI is InChI=1S/C23H21F3N4O2/c24-23(25,26)18-9-5-4-8-17(18)14-19-27-20(15-6-2-1-3-7-15)29-22(28-19)30-12-10-16(11-13-30)21(31)32/h1-9,16H,10-14H2,(H,31,32). The molecule has 0 saturated carbocycles. The molecule has 0 unspecified atom stereocenters. The number of carbonyl (C=O) groups is 1. The van der Waals surface area contributed by atoms with Crippen LogP contribution in [0.25, 0.3) is 11.4 Å². The SMILES string of the molecule is O=C(O)C1CCN(c2nc(Cc3ccccc3C(F)(F)F)nc(-c3ccccc3)n2)CC1. The molecule has 166 valence electrons. The summed E-state index contributed by atoms with van der Waals surface area (Å²) in [7, 11) is 0. The number of piperidine rings is 1. The number of carboxylic acid groups (broad SMARTS) is 1. The van der Waals surface area contributed by atoms with Gasteiger partial charge in [0.2, 0.25) is 5.95 Å². The quantitative estimate of drug-likeness (QED) is 0.629. The molecule has 4 rings (SSSR count). The maximum Gasteiger partial charge on any atom is 0.416 e. The monoisotopic (exact) mass is 442 g/mol. The molecule has 0 bridgehead atoms. The Morgan fingerprint density at radius 3 is 2.28 bits per heavy atom. The predicted octanol–water partition coefficient (Wildman–Crippen LogP) is 4.45. The van der Waals surface area contributed by atoms with Gasteiger partial charge in [-0.1, -0.05) is 48.5 Å². The van der Waals surface area contributed by atoms with Gasteiger partial charge in [0.15, 0.2) is 5.82 Å². The fraction of sp³-hybridized carbons (Fsp3) is 0.304. The van der Waals surface area contributed by atoms with Crippen LogP contribution < -0.4 is 4.90 Å². The third kappa shape index (κ3) is 4.87. The fourth-order valence-corrected chi connectivity index (χ4v) is 3.79. The van der Waals surface area contributed by atoms with Gasteiger partial charge in [-0.25, -0.2) is 4.98 Å². The van der Waals surface area contributed by atoms with Crippen molar-refractivity contribution in [1.29, 1.82) is 0 Å². The van der Waals surface area contributed by atoms with Crippen molar-refractivity contribution in [2.24, 2.45) is 5.92 Å². The first kappa shape index (κ1) is 21.7. The average Bonchev–Trinajstić information content (AvgIpc) is 2.79. The van der Waals surface area contributed by atoms with Crippen LogP contribution in [0, 0.1) is 5.92 Å². The molecule has 1 N–H and O–H groups in total. The van der Waals surface area contributed by atoms with E-state index in [4.69, 9.17) is 0 Å². The molecule has 9 heteroatoms. The fourth-order valence-electron chi connectivity index (χ4n) is 3.79. The molecule has 3 aromatic rings. The summed E-state index contributed by atoms with van der Waals surface area (Å²) in [4.78, 5) is 26.6. The second kappa shape index (κ2) is 8.94. The Bertz CT molecular complexity index is 1100. The van der Waals surface area contributed by atoms with E-state index in [-0.39, 0.29) is 17.8 Å². The number of anilines is 1. The molecule has 0 spiro atoms. The lowest BCUT2D eigenvalue weighted by atomic mass is 9.97. The highest BCUT2D eigenvalue weighted by atomic mass is 19.4. The van der Waals surface area contributed by atoms with Crippen LogP contribution in [-0.4, -0.2) is 39.1 Å². The number of halogens is 3. The van der Waals surface area contributed by atoms with Crippen LogP contribution in [0.1, 0.15) is 29.8 Å². The Hall–Kier alpha value is -3.49. The zero-order chi connectivity index (χ0) is 22.7. The number of aliphatic carboxylic acids is 1. The molecule has 2 heterocycles. The topological polar surface area (TPSA) is 79.2 Å². The van der Waals surface area contributed by atoms with Crippen LogP contribution in [0.15, 0.2) is 54.6 Å². The Morgan fingerprint density at radius 2 is 1.62 bits per heavy atom. The Labute approximate surface area is 182 Å². The van der Waals surface area contributed by atoms with Gasteiger partial charge in [-0.05, 0) is 24.5 Å². The van der Waals surface area contributed by atoms with Gasteiger partial charge < -0.3 is 10.0 Å².